The molecule has 2 nitrogen and oxygen atoms in total. The maximum absolute atomic E-state index is 11.6. The number of carbonyl (C=O) groups excluding carboxylic acids is 1. The quantitative estimate of drug-likeness (QED) is 0.439. The number of hydrogen-bond donors (Lipinski definition) is 0. The van der Waals surface area contributed by atoms with Crippen molar-refractivity contribution in [3.05, 3.63) is 22.4 Å². The predicted molar refractivity (Wildman–Crippen MR) is 52.7 cm³/mol. The number of carbonyl (C=O) groups is 1. The van der Waals surface area contributed by atoms with Crippen LogP contribution in [0.1, 0.15) is 16.8 Å². The lowest BCUT2D eigenvalue weighted by molar-refractivity contribution is 0.0952. The van der Waals surface area contributed by atoms with Crippen molar-refractivity contribution in [2.45, 2.75) is 12.0 Å². The van der Waals surface area contributed by atoms with E-state index in [0.29, 0.717) is 18.9 Å². The molecule has 1 aliphatic rings. The third-order valence-electron chi connectivity index (χ3n) is 2.12. The topological polar surface area (TPSA) is 29.6 Å². The lowest BCUT2D eigenvalue weighted by Gasteiger charge is -2.04. The normalized spacial score (nSPS) is 25.9. The fourth-order valence-electron chi connectivity index (χ4n) is 1.15. The molecule has 0 spiro atoms. The molecule has 1 atom stereocenters. The second-order valence-electron chi connectivity index (χ2n) is 3.22. The van der Waals surface area contributed by atoms with Gasteiger partial charge in [0.2, 0.25) is 0 Å². The van der Waals surface area contributed by atoms with Gasteiger partial charge in [0.25, 0.3) is 0 Å². The van der Waals surface area contributed by atoms with Crippen LogP contribution in [0.15, 0.2) is 16.8 Å². The largest absolute Gasteiger partial charge is 0.368 e. The highest BCUT2D eigenvalue weighted by molar-refractivity contribution is 7.08. The van der Waals surface area contributed by atoms with Crippen molar-refractivity contribution in [1.29, 1.82) is 0 Å². The molecule has 2 heterocycles. The van der Waals surface area contributed by atoms with E-state index in [-0.39, 0.29) is 11.4 Å². The molecule has 13 heavy (non-hydrogen) atoms. The molecular weight excluding hydrogens is 208 g/mol. The van der Waals surface area contributed by atoms with Crippen molar-refractivity contribution in [3.8, 4) is 0 Å². The van der Waals surface area contributed by atoms with Gasteiger partial charge in [-0.3, -0.25) is 4.79 Å². The summed E-state index contributed by atoms with van der Waals surface area (Å²) in [5.41, 5.74) is 0.422. The summed E-state index contributed by atoms with van der Waals surface area (Å²) in [7, 11) is 0. The van der Waals surface area contributed by atoms with Crippen LogP contribution in [0, 0.1) is 0 Å². The number of Topliss-reactive ketones (excluding diaryl/α,β-unsaturated/α-hetero) is 1. The van der Waals surface area contributed by atoms with Crippen LogP contribution >= 0.6 is 22.9 Å². The van der Waals surface area contributed by atoms with Gasteiger partial charge in [-0.05, 0) is 11.4 Å². The van der Waals surface area contributed by atoms with Gasteiger partial charge >= 0.3 is 0 Å². The van der Waals surface area contributed by atoms with Gasteiger partial charge in [-0.25, -0.2) is 0 Å². The Morgan fingerprint density at radius 1 is 1.77 bits per heavy atom. The van der Waals surface area contributed by atoms with Gasteiger partial charge < -0.3 is 4.74 Å². The summed E-state index contributed by atoms with van der Waals surface area (Å²) in [6, 6.07) is 1.83. The van der Waals surface area contributed by atoms with Crippen LogP contribution in [0.25, 0.3) is 0 Å². The first-order chi connectivity index (χ1) is 6.26. The molecule has 1 aliphatic heterocycles. The minimum Gasteiger partial charge on any atom is -0.368 e. The van der Waals surface area contributed by atoms with E-state index in [1.165, 1.54) is 11.3 Å². The Bertz CT molecular complexity index is 303. The first-order valence-corrected chi connectivity index (χ1v) is 5.49. The zero-order chi connectivity index (χ0) is 9.31. The molecule has 1 aromatic heterocycles. The highest BCUT2D eigenvalue weighted by Gasteiger charge is 2.45. The van der Waals surface area contributed by atoms with Gasteiger partial charge in [-0.15, -0.1) is 11.6 Å². The zero-order valence-corrected chi connectivity index (χ0v) is 8.53. The lowest BCUT2D eigenvalue weighted by Crippen LogP contribution is -2.18. The minimum atomic E-state index is -0.347. The van der Waals surface area contributed by atoms with Crippen LogP contribution in [-0.4, -0.2) is 23.9 Å². The van der Waals surface area contributed by atoms with E-state index in [1.807, 2.05) is 16.8 Å². The summed E-state index contributed by atoms with van der Waals surface area (Å²) < 4.78 is 5.16. The Hall–Kier alpha value is -0.380. The van der Waals surface area contributed by atoms with Gasteiger partial charge in [-0.1, -0.05) is 0 Å². The lowest BCUT2D eigenvalue weighted by atomic mass is 10.0. The van der Waals surface area contributed by atoms with E-state index < -0.39 is 0 Å². The second kappa shape index (κ2) is 3.40. The summed E-state index contributed by atoms with van der Waals surface area (Å²) in [5.74, 6) is 0.530. The number of ether oxygens (including phenoxy) is 1. The molecule has 2 rings (SSSR count). The van der Waals surface area contributed by atoms with Crippen LogP contribution in [0.5, 0.6) is 0 Å². The van der Waals surface area contributed by atoms with Crippen molar-refractivity contribution in [2.75, 3.05) is 12.5 Å². The average Bonchev–Trinajstić information content (AvgIpc) is 2.69. The SMILES string of the molecule is O=C(CC1(CCl)CO1)c1ccsc1. The fraction of sp³-hybridized carbons (Fsp3) is 0.444. The van der Waals surface area contributed by atoms with Crippen molar-refractivity contribution >= 4 is 28.7 Å². The number of alkyl halides is 1. The van der Waals surface area contributed by atoms with Crippen LogP contribution < -0.4 is 0 Å². The van der Waals surface area contributed by atoms with E-state index in [1.54, 1.807) is 0 Å². The van der Waals surface area contributed by atoms with Crippen LogP contribution in [0.2, 0.25) is 0 Å². The first-order valence-electron chi connectivity index (χ1n) is 4.01. The van der Waals surface area contributed by atoms with Gasteiger partial charge in [0.05, 0.1) is 12.5 Å². The molecule has 70 valence electrons. The molecule has 1 fully saturated rings. The summed E-state index contributed by atoms with van der Waals surface area (Å²) in [6.45, 7) is 0.617. The molecule has 0 aliphatic carbocycles. The average molecular weight is 217 g/mol. The molecule has 0 N–H and O–H groups in total. The van der Waals surface area contributed by atoms with Crippen molar-refractivity contribution in [2.24, 2.45) is 0 Å². The van der Waals surface area contributed by atoms with Gasteiger partial charge in [0, 0.05) is 17.4 Å². The molecular formula is C9H9ClO2S. The smallest absolute Gasteiger partial charge is 0.166 e. The first kappa shape index (κ1) is 9.19. The van der Waals surface area contributed by atoms with Crippen molar-refractivity contribution in [1.82, 2.24) is 0 Å². The maximum atomic E-state index is 11.6. The Morgan fingerprint density at radius 3 is 3.00 bits per heavy atom. The molecule has 4 heteroatoms. The van der Waals surface area contributed by atoms with Gasteiger partial charge in [0.15, 0.2) is 5.78 Å². The minimum absolute atomic E-state index is 0.124. The number of halogens is 1. The van der Waals surface area contributed by atoms with E-state index in [9.17, 15) is 4.79 Å². The van der Waals surface area contributed by atoms with Crippen LogP contribution in [0.4, 0.5) is 0 Å². The third-order valence-corrected chi connectivity index (χ3v) is 3.29. The third kappa shape index (κ3) is 1.93. The molecule has 0 saturated carbocycles. The van der Waals surface area contributed by atoms with Gasteiger partial charge in [-0.2, -0.15) is 11.3 Å². The highest BCUT2D eigenvalue weighted by atomic mass is 35.5. The number of rotatable bonds is 4. The standard InChI is InChI=1S/C9H9ClO2S/c10-5-9(6-12-9)3-8(11)7-1-2-13-4-7/h1-2,4H,3,5-6H2. The summed E-state index contributed by atoms with van der Waals surface area (Å²) in [5, 5.41) is 3.75. The van der Waals surface area contributed by atoms with Crippen LogP contribution in [0.3, 0.4) is 0 Å². The molecule has 0 amide bonds. The number of epoxide rings is 1. The summed E-state index contributed by atoms with van der Waals surface area (Å²) >= 11 is 7.21. The number of ketones is 1. The summed E-state index contributed by atoms with van der Waals surface area (Å²) in [6.07, 6.45) is 0.410. The summed E-state index contributed by atoms with van der Waals surface area (Å²) in [4.78, 5) is 11.6. The molecule has 1 saturated heterocycles. The molecule has 1 unspecified atom stereocenters. The van der Waals surface area contributed by atoms with E-state index in [0.717, 1.165) is 5.56 Å². The monoisotopic (exact) mass is 216 g/mol. The van der Waals surface area contributed by atoms with E-state index in [4.69, 9.17) is 16.3 Å². The number of thiophene rings is 1. The molecule has 0 radical (unpaired) electrons. The number of hydrogen-bond acceptors (Lipinski definition) is 3. The Balaban J connectivity index is 2.00. The Morgan fingerprint density at radius 2 is 2.54 bits per heavy atom. The second-order valence-corrected chi connectivity index (χ2v) is 4.26. The van der Waals surface area contributed by atoms with E-state index in [2.05, 4.69) is 0 Å². The Labute approximate surface area is 85.5 Å². The highest BCUT2D eigenvalue weighted by Crippen LogP contribution is 2.33. The fourth-order valence-corrected chi connectivity index (χ4v) is 2.06. The van der Waals surface area contributed by atoms with Crippen molar-refractivity contribution in [3.63, 3.8) is 0 Å². The Kier molecular flexibility index (Phi) is 2.41. The molecule has 0 aromatic carbocycles. The predicted octanol–water partition coefficient (Wildman–Crippen LogP) is 2.33. The maximum Gasteiger partial charge on any atom is 0.166 e. The van der Waals surface area contributed by atoms with Crippen molar-refractivity contribution < 1.29 is 9.53 Å². The van der Waals surface area contributed by atoms with Gasteiger partial charge in [0.1, 0.15) is 5.60 Å². The molecule has 0 bridgehead atoms. The zero-order valence-electron chi connectivity index (χ0n) is 6.96. The van der Waals surface area contributed by atoms with Crippen LogP contribution in [-0.2, 0) is 4.74 Å². The van der Waals surface area contributed by atoms with E-state index >= 15 is 0 Å². The molecule has 1 aromatic rings.